The molecule has 0 unspecified atom stereocenters. The zero-order valence-corrected chi connectivity index (χ0v) is 12.9. The highest BCUT2D eigenvalue weighted by molar-refractivity contribution is 6.32. The Morgan fingerprint density at radius 2 is 2.36 bits per heavy atom. The van der Waals surface area contributed by atoms with Gasteiger partial charge in [0, 0.05) is 12.7 Å². The number of ether oxygens (including phenoxy) is 1. The second-order valence-corrected chi connectivity index (χ2v) is 5.33. The van der Waals surface area contributed by atoms with E-state index in [9.17, 15) is 4.79 Å². The van der Waals surface area contributed by atoms with E-state index in [1.807, 2.05) is 13.0 Å². The molecule has 0 saturated carbocycles. The van der Waals surface area contributed by atoms with Crippen molar-refractivity contribution >= 4 is 29.0 Å². The number of fused-ring (bicyclic) bond motifs is 1. The molecule has 3 rings (SSSR count). The van der Waals surface area contributed by atoms with Crippen LogP contribution in [0.25, 0.3) is 0 Å². The second-order valence-electron chi connectivity index (χ2n) is 4.92. The summed E-state index contributed by atoms with van der Waals surface area (Å²) in [6, 6.07) is 7.09. The number of amides is 2. The summed E-state index contributed by atoms with van der Waals surface area (Å²) in [5, 5.41) is 3.35. The van der Waals surface area contributed by atoms with Gasteiger partial charge in [-0.15, -0.1) is 0 Å². The third-order valence-electron chi connectivity index (χ3n) is 3.49. The summed E-state index contributed by atoms with van der Waals surface area (Å²) >= 11 is 6.22. The van der Waals surface area contributed by atoms with Gasteiger partial charge in [0.1, 0.15) is 5.75 Å². The Kier molecular flexibility index (Phi) is 4.15. The summed E-state index contributed by atoms with van der Waals surface area (Å²) in [6.07, 6.45) is 4.06. The molecule has 1 aromatic heterocycles. The summed E-state index contributed by atoms with van der Waals surface area (Å²) in [4.78, 5) is 18.1. The molecule has 0 fully saturated rings. The van der Waals surface area contributed by atoms with Gasteiger partial charge in [-0.25, -0.2) is 4.79 Å². The number of pyridine rings is 1. The van der Waals surface area contributed by atoms with Crippen molar-refractivity contribution in [2.75, 3.05) is 23.4 Å². The number of hydrogen-bond donors (Lipinski definition) is 1. The quantitative estimate of drug-likeness (QED) is 0.938. The largest absolute Gasteiger partial charge is 0.492 e. The molecule has 0 atom stereocenters. The van der Waals surface area contributed by atoms with E-state index in [-0.39, 0.29) is 6.03 Å². The number of carbonyl (C=O) groups is 1. The molecule has 22 heavy (non-hydrogen) atoms. The van der Waals surface area contributed by atoms with Crippen molar-refractivity contribution in [1.29, 1.82) is 0 Å². The molecule has 5 nitrogen and oxygen atoms in total. The summed E-state index contributed by atoms with van der Waals surface area (Å²) in [5.41, 5.74) is 2.56. The van der Waals surface area contributed by atoms with Crippen molar-refractivity contribution in [2.45, 2.75) is 13.3 Å². The molecular formula is C16H16ClN3O2. The summed E-state index contributed by atoms with van der Waals surface area (Å²) in [6.45, 7) is 3.09. The molecule has 1 aliphatic heterocycles. The Bertz CT molecular complexity index is 691. The molecule has 0 aliphatic carbocycles. The van der Waals surface area contributed by atoms with E-state index < -0.39 is 0 Å². The third kappa shape index (κ3) is 2.85. The minimum absolute atomic E-state index is 0.188. The first-order valence-corrected chi connectivity index (χ1v) is 7.50. The Morgan fingerprint density at radius 1 is 1.50 bits per heavy atom. The number of aromatic nitrogens is 1. The molecule has 1 N–H and O–H groups in total. The lowest BCUT2D eigenvalue weighted by Crippen LogP contribution is -2.33. The number of rotatable bonds is 3. The van der Waals surface area contributed by atoms with E-state index in [2.05, 4.69) is 10.3 Å². The molecule has 0 bridgehead atoms. The minimum Gasteiger partial charge on any atom is -0.492 e. The van der Waals surface area contributed by atoms with Crippen LogP contribution in [0.3, 0.4) is 0 Å². The zero-order chi connectivity index (χ0) is 15.5. The molecule has 0 radical (unpaired) electrons. The number of urea groups is 1. The SMILES string of the molecule is CCOc1cc2c(cc1Cl)N(C(=O)Nc1cccnc1)CC2. The van der Waals surface area contributed by atoms with Gasteiger partial charge in [0.2, 0.25) is 0 Å². The van der Waals surface area contributed by atoms with Crippen molar-refractivity contribution in [1.82, 2.24) is 4.98 Å². The zero-order valence-electron chi connectivity index (χ0n) is 12.2. The molecule has 0 saturated heterocycles. The van der Waals surface area contributed by atoms with Gasteiger partial charge in [-0.1, -0.05) is 11.6 Å². The van der Waals surface area contributed by atoms with Gasteiger partial charge < -0.3 is 10.1 Å². The molecule has 6 heteroatoms. The fourth-order valence-corrected chi connectivity index (χ4v) is 2.71. The van der Waals surface area contributed by atoms with E-state index >= 15 is 0 Å². The Morgan fingerprint density at radius 3 is 3.09 bits per heavy atom. The highest BCUT2D eigenvalue weighted by Crippen LogP contribution is 2.37. The lowest BCUT2D eigenvalue weighted by Gasteiger charge is -2.18. The molecular weight excluding hydrogens is 302 g/mol. The molecule has 2 amide bonds. The Balaban J connectivity index is 1.82. The van der Waals surface area contributed by atoms with Crippen LogP contribution in [0.15, 0.2) is 36.7 Å². The molecule has 2 heterocycles. The molecule has 2 aromatic rings. The number of nitrogens with one attached hydrogen (secondary N) is 1. The Labute approximate surface area is 133 Å². The van der Waals surface area contributed by atoms with Gasteiger partial charge in [0.25, 0.3) is 0 Å². The molecule has 1 aliphatic rings. The van der Waals surface area contributed by atoms with E-state index in [1.165, 1.54) is 0 Å². The predicted molar refractivity (Wildman–Crippen MR) is 86.9 cm³/mol. The predicted octanol–water partition coefficient (Wildman–Crippen LogP) is 3.73. The van der Waals surface area contributed by atoms with Crippen LogP contribution in [0, 0.1) is 0 Å². The number of hydrogen-bond acceptors (Lipinski definition) is 3. The number of halogens is 1. The molecule has 1 aromatic carbocycles. The summed E-state index contributed by atoms with van der Waals surface area (Å²) < 4.78 is 5.49. The van der Waals surface area contributed by atoms with Gasteiger partial charge in [0.15, 0.2) is 0 Å². The second kappa shape index (κ2) is 6.23. The van der Waals surface area contributed by atoms with Crippen molar-refractivity contribution in [3.8, 4) is 5.75 Å². The maximum Gasteiger partial charge on any atom is 0.326 e. The fourth-order valence-electron chi connectivity index (χ4n) is 2.49. The molecule has 114 valence electrons. The normalized spacial score (nSPS) is 12.9. The van der Waals surface area contributed by atoms with Gasteiger partial charge >= 0.3 is 6.03 Å². The highest BCUT2D eigenvalue weighted by atomic mass is 35.5. The van der Waals surface area contributed by atoms with Crippen molar-refractivity contribution in [2.24, 2.45) is 0 Å². The first-order chi connectivity index (χ1) is 10.7. The van der Waals surface area contributed by atoms with Crippen LogP contribution in [-0.2, 0) is 6.42 Å². The van der Waals surface area contributed by atoms with E-state index in [0.717, 1.165) is 17.7 Å². The first kappa shape index (κ1) is 14.7. The van der Waals surface area contributed by atoms with E-state index in [4.69, 9.17) is 16.3 Å². The fraction of sp³-hybridized carbons (Fsp3) is 0.250. The van der Waals surface area contributed by atoms with Gasteiger partial charge in [-0.3, -0.25) is 9.88 Å². The van der Waals surface area contributed by atoms with Crippen LogP contribution in [0.1, 0.15) is 12.5 Å². The van der Waals surface area contributed by atoms with Gasteiger partial charge in [-0.2, -0.15) is 0 Å². The van der Waals surface area contributed by atoms with Crippen LogP contribution in [0.2, 0.25) is 5.02 Å². The first-order valence-electron chi connectivity index (χ1n) is 7.13. The van der Waals surface area contributed by atoms with E-state index in [1.54, 1.807) is 35.5 Å². The average Bonchev–Trinajstić information content (AvgIpc) is 2.91. The maximum absolute atomic E-state index is 12.4. The van der Waals surface area contributed by atoms with E-state index in [0.29, 0.717) is 29.6 Å². The number of carbonyl (C=O) groups excluding carboxylic acids is 1. The summed E-state index contributed by atoms with van der Waals surface area (Å²) in [7, 11) is 0. The third-order valence-corrected chi connectivity index (χ3v) is 3.78. The molecule has 0 spiro atoms. The van der Waals surface area contributed by atoms with Crippen LogP contribution < -0.4 is 15.0 Å². The van der Waals surface area contributed by atoms with Crippen LogP contribution >= 0.6 is 11.6 Å². The number of benzene rings is 1. The van der Waals surface area contributed by atoms with Gasteiger partial charge in [-0.05, 0) is 43.2 Å². The minimum atomic E-state index is -0.188. The van der Waals surface area contributed by atoms with Crippen molar-refractivity contribution in [3.63, 3.8) is 0 Å². The topological polar surface area (TPSA) is 54.5 Å². The number of anilines is 2. The number of nitrogens with zero attached hydrogens (tertiary/aromatic N) is 2. The van der Waals surface area contributed by atoms with Crippen LogP contribution in [0.5, 0.6) is 5.75 Å². The Hall–Kier alpha value is -2.27. The van der Waals surface area contributed by atoms with Crippen LogP contribution in [0.4, 0.5) is 16.2 Å². The standard InChI is InChI=1S/C16H16ClN3O2/c1-2-22-15-8-11-5-7-20(14(11)9-13(15)17)16(21)19-12-4-3-6-18-10-12/h3-4,6,8-10H,2,5,7H2,1H3,(H,19,21). The summed E-state index contributed by atoms with van der Waals surface area (Å²) in [5.74, 6) is 0.664. The smallest absolute Gasteiger partial charge is 0.326 e. The van der Waals surface area contributed by atoms with Crippen LogP contribution in [-0.4, -0.2) is 24.2 Å². The average molecular weight is 318 g/mol. The maximum atomic E-state index is 12.4. The van der Waals surface area contributed by atoms with Crippen molar-refractivity contribution in [3.05, 3.63) is 47.2 Å². The monoisotopic (exact) mass is 317 g/mol. The van der Waals surface area contributed by atoms with Gasteiger partial charge in [0.05, 0.1) is 29.2 Å². The highest BCUT2D eigenvalue weighted by Gasteiger charge is 2.26. The van der Waals surface area contributed by atoms with Crippen molar-refractivity contribution < 1.29 is 9.53 Å². The lowest BCUT2D eigenvalue weighted by atomic mass is 10.1. The lowest BCUT2D eigenvalue weighted by molar-refractivity contribution is 0.257.